The Kier molecular flexibility index (Phi) is 9.25. The van der Waals surface area contributed by atoms with Gasteiger partial charge in [0.15, 0.2) is 0 Å². The van der Waals surface area contributed by atoms with Crippen LogP contribution in [0.25, 0.3) is 15.6 Å². The third kappa shape index (κ3) is 6.71. The Morgan fingerprint density at radius 3 is 2.69 bits per heavy atom. The number of likely N-dealkylation sites (N-methyl/N-ethyl adjacent to an activating group) is 1. The van der Waals surface area contributed by atoms with E-state index in [2.05, 4.69) is 26.6 Å². The van der Waals surface area contributed by atoms with Crippen molar-refractivity contribution in [2.75, 3.05) is 62.7 Å². The fourth-order valence-electron chi connectivity index (χ4n) is 7.14. The maximum atomic E-state index is 14.3. The molecule has 0 radical (unpaired) electrons. The minimum Gasteiger partial charge on any atom is -0.462 e. The van der Waals surface area contributed by atoms with Crippen molar-refractivity contribution in [2.24, 2.45) is 0 Å². The number of carbonyl (C=O) groups is 1. The maximum Gasteiger partial charge on any atom is 0.410 e. The number of rotatable bonds is 8. The van der Waals surface area contributed by atoms with Gasteiger partial charge in [-0.05, 0) is 62.0 Å². The molecule has 4 heterocycles. The van der Waals surface area contributed by atoms with Gasteiger partial charge >= 0.3 is 12.1 Å². The van der Waals surface area contributed by atoms with Crippen LogP contribution in [0.5, 0.6) is 6.01 Å². The van der Waals surface area contributed by atoms with Crippen LogP contribution in [-0.2, 0) is 24.3 Å². The van der Waals surface area contributed by atoms with Crippen molar-refractivity contribution in [3.63, 3.8) is 0 Å². The third-order valence-corrected chi connectivity index (χ3v) is 9.78. The van der Waals surface area contributed by atoms with E-state index >= 15 is 0 Å². The largest absolute Gasteiger partial charge is 0.462 e. The normalized spacial score (nSPS) is 19.6. The van der Waals surface area contributed by atoms with Gasteiger partial charge in [0.25, 0.3) is 0 Å². The highest BCUT2D eigenvalue weighted by Crippen LogP contribution is 2.35. The third-order valence-electron chi connectivity index (χ3n) is 9.78. The van der Waals surface area contributed by atoms with Crippen LogP contribution in [0.3, 0.4) is 0 Å². The number of nitrogens with zero attached hydrogens (tertiary/aromatic N) is 7. The van der Waals surface area contributed by atoms with Gasteiger partial charge in [0.1, 0.15) is 30.9 Å². The SMILES string of the molecule is [C-]#[N+]C[C@H]1CN(c2nc(OC[C@@H]3CCCN3C)nc3c2CCN(c2cccc4ccc(F)cc24)C3)CCN1C(=O)OCc1ccccc1. The molecule has 1 aromatic heterocycles. The van der Waals surface area contributed by atoms with Gasteiger partial charge in [-0.2, -0.15) is 9.97 Å². The first-order chi connectivity index (χ1) is 23.5. The van der Waals surface area contributed by atoms with E-state index in [-0.39, 0.29) is 25.0 Å². The van der Waals surface area contributed by atoms with E-state index in [1.165, 1.54) is 6.07 Å². The molecule has 3 aromatic carbocycles. The lowest BCUT2D eigenvalue weighted by Gasteiger charge is -2.40. The number of amides is 1. The number of piperazine rings is 1. The average Bonchev–Trinajstić information content (AvgIpc) is 3.53. The molecule has 7 rings (SSSR count). The Balaban J connectivity index is 1.15. The number of anilines is 2. The number of aromatic nitrogens is 2. The molecule has 0 spiro atoms. The fraction of sp³-hybridized carbons (Fsp3) is 0.405. The zero-order chi connectivity index (χ0) is 33.0. The Labute approximate surface area is 280 Å². The summed E-state index contributed by atoms with van der Waals surface area (Å²) in [6.45, 7) is 12.2. The summed E-state index contributed by atoms with van der Waals surface area (Å²) in [4.78, 5) is 35.2. The van der Waals surface area contributed by atoms with E-state index in [9.17, 15) is 9.18 Å². The van der Waals surface area contributed by atoms with Crippen molar-refractivity contribution in [1.29, 1.82) is 0 Å². The molecule has 1 amide bonds. The molecule has 3 aliphatic heterocycles. The number of hydrogen-bond acceptors (Lipinski definition) is 8. The summed E-state index contributed by atoms with van der Waals surface area (Å²) in [5, 5.41) is 1.85. The molecule has 248 valence electrons. The van der Waals surface area contributed by atoms with Gasteiger partial charge in [-0.25, -0.2) is 15.8 Å². The number of benzene rings is 3. The van der Waals surface area contributed by atoms with Gasteiger partial charge in [0.2, 0.25) is 6.54 Å². The minimum atomic E-state index is -0.413. The number of likely N-dealkylation sites (tertiary alicyclic amines) is 1. The summed E-state index contributed by atoms with van der Waals surface area (Å²) in [6.07, 6.45) is 2.49. The molecule has 48 heavy (non-hydrogen) atoms. The van der Waals surface area contributed by atoms with E-state index in [4.69, 9.17) is 26.0 Å². The molecule has 2 atom stereocenters. The van der Waals surface area contributed by atoms with Crippen molar-refractivity contribution < 1.29 is 18.7 Å². The highest BCUT2D eigenvalue weighted by atomic mass is 19.1. The van der Waals surface area contributed by atoms with Gasteiger partial charge in [0.05, 0.1) is 12.2 Å². The van der Waals surface area contributed by atoms with E-state index in [1.54, 1.807) is 11.0 Å². The predicted octanol–water partition coefficient (Wildman–Crippen LogP) is 5.55. The first kappa shape index (κ1) is 31.6. The lowest BCUT2D eigenvalue weighted by molar-refractivity contribution is 0.0788. The number of carbonyl (C=O) groups excluding carboxylic acids is 1. The summed E-state index contributed by atoms with van der Waals surface area (Å²) < 4.78 is 26.3. The molecule has 10 nitrogen and oxygen atoms in total. The minimum absolute atomic E-state index is 0.160. The summed E-state index contributed by atoms with van der Waals surface area (Å²) in [7, 11) is 2.12. The Bertz CT molecular complexity index is 1820. The van der Waals surface area contributed by atoms with Crippen LogP contribution < -0.4 is 14.5 Å². The summed E-state index contributed by atoms with van der Waals surface area (Å²) in [5.74, 6) is 0.535. The van der Waals surface area contributed by atoms with Crippen LogP contribution in [0, 0.1) is 12.4 Å². The zero-order valence-electron chi connectivity index (χ0n) is 27.2. The molecule has 0 saturated carbocycles. The number of hydrogen-bond donors (Lipinski definition) is 0. The molecule has 0 bridgehead atoms. The molecule has 0 N–H and O–H groups in total. The van der Waals surface area contributed by atoms with E-state index < -0.39 is 6.09 Å². The number of fused-ring (bicyclic) bond motifs is 2. The van der Waals surface area contributed by atoms with Gasteiger partial charge in [0, 0.05) is 48.9 Å². The van der Waals surface area contributed by atoms with Crippen molar-refractivity contribution >= 4 is 28.4 Å². The molecule has 0 unspecified atom stereocenters. The van der Waals surface area contributed by atoms with Gasteiger partial charge in [-0.3, -0.25) is 4.90 Å². The summed E-state index contributed by atoms with van der Waals surface area (Å²) in [6, 6.07) is 20.8. The smallest absolute Gasteiger partial charge is 0.410 e. The quantitative estimate of drug-likeness (QED) is 0.230. The average molecular weight is 650 g/mol. The second-order valence-electron chi connectivity index (χ2n) is 12.8. The Hall–Kier alpha value is -4.95. The maximum absolute atomic E-state index is 14.3. The monoisotopic (exact) mass is 649 g/mol. The topological polar surface area (TPSA) is 78.6 Å². The van der Waals surface area contributed by atoms with Crippen LogP contribution in [-0.4, -0.2) is 90.9 Å². The second-order valence-corrected chi connectivity index (χ2v) is 12.8. The van der Waals surface area contributed by atoms with Crippen molar-refractivity contribution in [3.05, 3.63) is 101 Å². The molecule has 3 aliphatic rings. The van der Waals surface area contributed by atoms with E-state index in [0.29, 0.717) is 57.8 Å². The molecule has 0 aliphatic carbocycles. The number of halogens is 1. The highest BCUT2D eigenvalue weighted by molar-refractivity contribution is 5.94. The van der Waals surface area contributed by atoms with E-state index in [0.717, 1.165) is 58.5 Å². The summed E-state index contributed by atoms with van der Waals surface area (Å²) in [5.41, 5.74) is 3.80. The zero-order valence-corrected chi connectivity index (χ0v) is 27.2. The number of ether oxygens (including phenoxy) is 2. The van der Waals surface area contributed by atoms with Crippen molar-refractivity contribution in [2.45, 2.75) is 44.5 Å². The van der Waals surface area contributed by atoms with Crippen LogP contribution in [0.4, 0.5) is 20.7 Å². The molecular formula is C37H40FN7O3. The van der Waals surface area contributed by atoms with Gasteiger partial charge < -0.3 is 29.0 Å². The van der Waals surface area contributed by atoms with Crippen LogP contribution in [0.15, 0.2) is 66.7 Å². The van der Waals surface area contributed by atoms with E-state index in [1.807, 2.05) is 54.6 Å². The molecular weight excluding hydrogens is 609 g/mol. The highest BCUT2D eigenvalue weighted by Gasteiger charge is 2.36. The molecule has 4 aromatic rings. The van der Waals surface area contributed by atoms with Gasteiger partial charge in [-0.15, -0.1) is 0 Å². The first-order valence-corrected chi connectivity index (χ1v) is 16.7. The second kappa shape index (κ2) is 14.0. The summed E-state index contributed by atoms with van der Waals surface area (Å²) >= 11 is 0. The fourth-order valence-corrected chi connectivity index (χ4v) is 7.14. The Morgan fingerprint density at radius 2 is 1.88 bits per heavy atom. The van der Waals surface area contributed by atoms with Crippen LogP contribution in [0.2, 0.25) is 0 Å². The Morgan fingerprint density at radius 1 is 1.00 bits per heavy atom. The first-order valence-electron chi connectivity index (χ1n) is 16.7. The molecule has 11 heteroatoms. The molecule has 2 saturated heterocycles. The van der Waals surface area contributed by atoms with Crippen LogP contribution in [0.1, 0.15) is 29.7 Å². The predicted molar refractivity (Wildman–Crippen MR) is 183 cm³/mol. The van der Waals surface area contributed by atoms with Crippen LogP contribution >= 0.6 is 0 Å². The van der Waals surface area contributed by atoms with Crippen molar-refractivity contribution in [1.82, 2.24) is 19.8 Å². The van der Waals surface area contributed by atoms with Gasteiger partial charge in [-0.1, -0.05) is 48.5 Å². The lowest BCUT2D eigenvalue weighted by atomic mass is 10.0. The van der Waals surface area contributed by atoms with Crippen molar-refractivity contribution in [3.8, 4) is 6.01 Å². The lowest BCUT2D eigenvalue weighted by Crippen LogP contribution is -2.57. The standard InChI is InChI=1S/C37H40FN7O3/c1-39-21-30-22-44(18-19-45(30)37(46)48-24-26-8-4-3-5-9-26)35-31-15-17-43(34-12-6-10-27-13-14-28(38)20-32(27)34)23-33(31)40-36(41-35)47-25-29-11-7-16-42(29)2/h3-6,8-10,12-14,20,29-30H,7,11,15-19,21-25H2,2H3/t29-,30-/m0/s1. The molecule has 2 fully saturated rings.